The summed E-state index contributed by atoms with van der Waals surface area (Å²) in [6, 6.07) is 8.48. The van der Waals surface area contributed by atoms with Gasteiger partial charge in [-0.05, 0) is 52.0 Å². The molecule has 0 radical (unpaired) electrons. The van der Waals surface area contributed by atoms with E-state index in [1.807, 2.05) is 46.2 Å². The molecule has 5 N–H and O–H groups in total. The van der Waals surface area contributed by atoms with Crippen LogP contribution in [0.5, 0.6) is 0 Å². The van der Waals surface area contributed by atoms with Crippen LogP contribution < -0.4 is 16.8 Å². The first-order valence-electron chi connectivity index (χ1n) is 10.4. The number of allylic oxidation sites excluding steroid dienone is 5. The van der Waals surface area contributed by atoms with Crippen LogP contribution in [-0.2, 0) is 0 Å². The first-order chi connectivity index (χ1) is 14.5. The lowest BCUT2D eigenvalue weighted by Gasteiger charge is -2.12. The van der Waals surface area contributed by atoms with Gasteiger partial charge in [0.1, 0.15) is 0 Å². The second-order valence-electron chi connectivity index (χ2n) is 6.98. The third kappa shape index (κ3) is 8.41. The lowest BCUT2D eigenvalue weighted by Crippen LogP contribution is -2.17. The number of likely N-dealkylation sites (N-methyl/N-ethyl adjacent to an activating group) is 1. The Balaban J connectivity index is 0.000000804. The van der Waals surface area contributed by atoms with E-state index in [9.17, 15) is 0 Å². The van der Waals surface area contributed by atoms with Crippen LogP contribution in [-0.4, -0.2) is 45.2 Å². The number of aliphatic imine (C=N–C) groups is 2. The number of benzene rings is 1. The molecule has 0 atom stereocenters. The molecule has 0 aliphatic carbocycles. The molecule has 0 saturated heterocycles. The lowest BCUT2D eigenvalue weighted by molar-refractivity contribution is 0.802. The van der Waals surface area contributed by atoms with Crippen molar-refractivity contribution in [3.8, 4) is 0 Å². The molecule has 2 rings (SSSR count). The summed E-state index contributed by atoms with van der Waals surface area (Å²) in [6.07, 6.45) is 11.1. The van der Waals surface area contributed by atoms with Gasteiger partial charge in [0, 0.05) is 43.5 Å². The number of nitrogens with two attached hydrogens (primary N) is 2. The maximum atomic E-state index is 5.84. The summed E-state index contributed by atoms with van der Waals surface area (Å²) in [4.78, 5) is 9.43. The molecular formula is C25H37N5. The normalized spacial score (nSPS) is 22.0. The van der Waals surface area contributed by atoms with E-state index in [0.29, 0.717) is 6.54 Å². The zero-order valence-corrected chi connectivity index (χ0v) is 19.1. The van der Waals surface area contributed by atoms with Gasteiger partial charge in [-0.1, -0.05) is 48.1 Å². The van der Waals surface area contributed by atoms with Gasteiger partial charge < -0.3 is 16.8 Å². The molecular weight excluding hydrogens is 370 g/mol. The maximum absolute atomic E-state index is 5.84. The molecule has 0 fully saturated rings. The molecule has 5 heteroatoms. The minimum atomic E-state index is 0.502. The smallest absolute Gasteiger partial charge is 0.0761 e. The molecule has 1 aliphatic heterocycles. The summed E-state index contributed by atoms with van der Waals surface area (Å²) in [5, 5.41) is 2.89. The Hall–Kier alpha value is -2.60. The zero-order valence-electron chi connectivity index (χ0n) is 19.1. The maximum Gasteiger partial charge on any atom is 0.0761 e. The summed E-state index contributed by atoms with van der Waals surface area (Å²) in [6.45, 7) is 8.26. The average molecular weight is 408 g/mol. The molecule has 0 spiro atoms. The molecule has 162 valence electrons. The van der Waals surface area contributed by atoms with Gasteiger partial charge in [0.15, 0.2) is 0 Å². The molecule has 0 saturated carbocycles. The van der Waals surface area contributed by atoms with Crippen LogP contribution >= 0.6 is 0 Å². The molecule has 30 heavy (non-hydrogen) atoms. The van der Waals surface area contributed by atoms with E-state index in [2.05, 4.69) is 53.7 Å². The standard InChI is InChI=1S/C22H27N3.C3H10N2/c1-5-7-21(24-4)20-9-6-8-18(15-23)14-17(3)25-22(20)19-12-10-16(2)11-13-19;1-5-3-2-4/h5-8,10-14H,9,15,23H2,1-4H3;5H,2-4H2,1H3/b7-5-,8-6-,18-14+,22-20+,24-21?,25-17+;. The molecule has 0 amide bonds. The van der Waals surface area contributed by atoms with Crippen LogP contribution in [0.1, 0.15) is 31.4 Å². The van der Waals surface area contributed by atoms with Crippen molar-refractivity contribution in [2.45, 2.75) is 27.2 Å². The van der Waals surface area contributed by atoms with E-state index in [1.165, 1.54) is 5.56 Å². The van der Waals surface area contributed by atoms with Crippen LogP contribution in [0.4, 0.5) is 0 Å². The molecule has 0 aromatic heterocycles. The topological polar surface area (TPSA) is 88.8 Å². The van der Waals surface area contributed by atoms with Crippen molar-refractivity contribution in [1.82, 2.24) is 5.32 Å². The number of nitrogens with zero attached hydrogens (tertiary/aromatic N) is 2. The van der Waals surface area contributed by atoms with Crippen molar-refractivity contribution in [2.75, 3.05) is 33.7 Å². The Kier molecular flexibility index (Phi) is 12.2. The van der Waals surface area contributed by atoms with Crippen molar-refractivity contribution >= 4 is 17.1 Å². The van der Waals surface area contributed by atoms with Gasteiger partial charge in [0.2, 0.25) is 0 Å². The monoisotopic (exact) mass is 407 g/mol. The number of hydrogen-bond acceptors (Lipinski definition) is 5. The molecule has 5 nitrogen and oxygen atoms in total. The third-order valence-electron chi connectivity index (χ3n) is 4.45. The van der Waals surface area contributed by atoms with Gasteiger partial charge in [0.05, 0.1) is 11.4 Å². The Morgan fingerprint density at radius 3 is 2.40 bits per heavy atom. The number of aryl methyl sites for hydroxylation is 1. The van der Waals surface area contributed by atoms with Gasteiger partial charge in [-0.25, -0.2) is 0 Å². The number of rotatable bonds is 6. The molecule has 0 unspecified atom stereocenters. The number of hydrogen-bond donors (Lipinski definition) is 3. The Morgan fingerprint density at radius 2 is 1.90 bits per heavy atom. The van der Waals surface area contributed by atoms with Gasteiger partial charge in [-0.2, -0.15) is 0 Å². The second-order valence-corrected chi connectivity index (χ2v) is 6.98. The predicted molar refractivity (Wildman–Crippen MR) is 133 cm³/mol. The highest BCUT2D eigenvalue weighted by Gasteiger charge is 2.13. The summed E-state index contributed by atoms with van der Waals surface area (Å²) in [5.41, 5.74) is 18.3. The lowest BCUT2D eigenvalue weighted by atomic mass is 9.98. The average Bonchev–Trinajstić information content (AvgIpc) is 2.82. The van der Waals surface area contributed by atoms with Crippen LogP contribution in [0.3, 0.4) is 0 Å². The van der Waals surface area contributed by atoms with Crippen LogP contribution in [0.2, 0.25) is 0 Å². The van der Waals surface area contributed by atoms with Crippen LogP contribution in [0, 0.1) is 6.92 Å². The third-order valence-corrected chi connectivity index (χ3v) is 4.45. The Labute approximate surface area is 182 Å². The largest absolute Gasteiger partial charge is 0.329 e. The highest BCUT2D eigenvalue weighted by Crippen LogP contribution is 2.26. The van der Waals surface area contributed by atoms with Crippen molar-refractivity contribution in [3.63, 3.8) is 0 Å². The first-order valence-corrected chi connectivity index (χ1v) is 10.4. The van der Waals surface area contributed by atoms with Gasteiger partial charge in [-0.15, -0.1) is 0 Å². The van der Waals surface area contributed by atoms with Crippen molar-refractivity contribution < 1.29 is 0 Å². The van der Waals surface area contributed by atoms with Gasteiger partial charge in [-0.3, -0.25) is 9.98 Å². The Bertz CT molecular complexity index is 835. The SMILES string of the molecule is C/C=C\C(=NC)/C1=C(c2ccc(C)cc2)/N=C(C)/C=C(CN)\C=C/C1.CNCCN. The van der Waals surface area contributed by atoms with Gasteiger partial charge in [0.25, 0.3) is 0 Å². The first kappa shape index (κ1) is 25.4. The Morgan fingerprint density at radius 1 is 1.20 bits per heavy atom. The fraction of sp³-hybridized carbons (Fsp3) is 0.360. The summed E-state index contributed by atoms with van der Waals surface area (Å²) in [7, 11) is 3.71. The van der Waals surface area contributed by atoms with Crippen molar-refractivity contribution in [1.29, 1.82) is 0 Å². The zero-order chi connectivity index (χ0) is 22.4. The summed E-state index contributed by atoms with van der Waals surface area (Å²) >= 11 is 0. The van der Waals surface area contributed by atoms with E-state index in [-0.39, 0.29) is 0 Å². The second kappa shape index (κ2) is 14.4. The van der Waals surface area contributed by atoms with E-state index >= 15 is 0 Å². The minimum absolute atomic E-state index is 0.502. The fourth-order valence-corrected chi connectivity index (χ4v) is 2.93. The van der Waals surface area contributed by atoms with E-state index in [0.717, 1.165) is 53.3 Å². The van der Waals surface area contributed by atoms with E-state index in [4.69, 9.17) is 16.5 Å². The molecule has 1 aromatic rings. The van der Waals surface area contributed by atoms with E-state index in [1.54, 1.807) is 0 Å². The predicted octanol–water partition coefficient (Wildman–Crippen LogP) is 3.82. The summed E-state index contributed by atoms with van der Waals surface area (Å²) < 4.78 is 0. The quantitative estimate of drug-likeness (QED) is 0.626. The van der Waals surface area contributed by atoms with Crippen LogP contribution in [0.25, 0.3) is 5.70 Å². The molecule has 1 aliphatic rings. The van der Waals surface area contributed by atoms with Crippen LogP contribution in [0.15, 0.2) is 75.8 Å². The summed E-state index contributed by atoms with van der Waals surface area (Å²) in [5.74, 6) is 0. The molecule has 1 heterocycles. The fourth-order valence-electron chi connectivity index (χ4n) is 2.93. The van der Waals surface area contributed by atoms with Crippen molar-refractivity contribution in [3.05, 3.63) is 76.9 Å². The van der Waals surface area contributed by atoms with Gasteiger partial charge >= 0.3 is 0 Å². The van der Waals surface area contributed by atoms with E-state index < -0.39 is 0 Å². The molecule has 0 bridgehead atoms. The molecule has 1 aromatic carbocycles. The number of nitrogens with one attached hydrogen (secondary N) is 1. The van der Waals surface area contributed by atoms with Crippen molar-refractivity contribution in [2.24, 2.45) is 21.5 Å². The minimum Gasteiger partial charge on any atom is -0.329 e. The highest BCUT2D eigenvalue weighted by molar-refractivity contribution is 6.14. The highest BCUT2D eigenvalue weighted by atomic mass is 14.8.